The van der Waals surface area contributed by atoms with E-state index in [0.29, 0.717) is 12.1 Å². The van der Waals surface area contributed by atoms with Crippen molar-refractivity contribution in [1.82, 2.24) is 10.2 Å². The predicted octanol–water partition coefficient (Wildman–Crippen LogP) is 0.440. The highest BCUT2D eigenvalue weighted by Crippen LogP contribution is 2.14. The Morgan fingerprint density at radius 3 is 2.77 bits per heavy atom. The van der Waals surface area contributed by atoms with Crippen molar-refractivity contribution in [3.63, 3.8) is 0 Å². The second kappa shape index (κ2) is 4.94. The Labute approximate surface area is 81.1 Å². The Kier molecular flexibility index (Phi) is 4.16. The summed E-state index contributed by atoms with van der Waals surface area (Å²) < 4.78 is 0. The van der Waals surface area contributed by atoms with Crippen molar-refractivity contribution in [3.8, 4) is 0 Å². The molecule has 0 aromatic rings. The van der Waals surface area contributed by atoms with Crippen LogP contribution in [-0.4, -0.2) is 48.3 Å². The fraction of sp³-hybridized carbons (Fsp3) is 1.00. The molecule has 0 spiro atoms. The summed E-state index contributed by atoms with van der Waals surface area (Å²) >= 11 is 0. The van der Waals surface area contributed by atoms with Crippen LogP contribution >= 0.6 is 0 Å². The lowest BCUT2D eigenvalue weighted by molar-refractivity contribution is 0.163. The van der Waals surface area contributed by atoms with Gasteiger partial charge in [0.2, 0.25) is 0 Å². The average molecular weight is 186 g/mol. The van der Waals surface area contributed by atoms with Gasteiger partial charge in [-0.05, 0) is 26.8 Å². The molecule has 0 amide bonds. The van der Waals surface area contributed by atoms with Gasteiger partial charge in [-0.2, -0.15) is 0 Å². The maximum absolute atomic E-state index is 9.37. The summed E-state index contributed by atoms with van der Waals surface area (Å²) in [5.41, 5.74) is 0. The zero-order chi connectivity index (χ0) is 9.84. The first-order valence-electron chi connectivity index (χ1n) is 5.25. The van der Waals surface area contributed by atoms with Crippen LogP contribution < -0.4 is 5.32 Å². The van der Waals surface area contributed by atoms with E-state index in [4.69, 9.17) is 0 Å². The molecule has 1 aliphatic rings. The van der Waals surface area contributed by atoms with Crippen LogP contribution in [0.3, 0.4) is 0 Å². The predicted molar refractivity (Wildman–Crippen MR) is 54.8 cm³/mol. The number of nitrogens with zero attached hydrogens (tertiary/aromatic N) is 1. The van der Waals surface area contributed by atoms with Crippen molar-refractivity contribution < 1.29 is 5.11 Å². The van der Waals surface area contributed by atoms with Crippen LogP contribution in [0.1, 0.15) is 26.7 Å². The maximum Gasteiger partial charge on any atom is 0.0662 e. The van der Waals surface area contributed by atoms with Crippen LogP contribution in [0.25, 0.3) is 0 Å². The van der Waals surface area contributed by atoms with E-state index in [1.165, 1.54) is 6.42 Å². The summed E-state index contributed by atoms with van der Waals surface area (Å²) in [6.45, 7) is 6.10. The molecule has 0 saturated carbocycles. The molecule has 78 valence electrons. The first kappa shape index (κ1) is 11.0. The number of likely N-dealkylation sites (N-methyl/N-ethyl adjacent to an activating group) is 1. The molecule has 3 nitrogen and oxygen atoms in total. The third-order valence-corrected chi connectivity index (χ3v) is 3.00. The molecule has 2 N–H and O–H groups in total. The van der Waals surface area contributed by atoms with E-state index < -0.39 is 0 Å². The van der Waals surface area contributed by atoms with Gasteiger partial charge < -0.3 is 15.3 Å². The first-order chi connectivity index (χ1) is 6.13. The molecule has 0 aromatic carbocycles. The van der Waals surface area contributed by atoms with Gasteiger partial charge in [-0.25, -0.2) is 0 Å². The minimum atomic E-state index is -0.179. The third kappa shape index (κ3) is 3.25. The molecule has 1 rings (SSSR count). The molecule has 3 unspecified atom stereocenters. The van der Waals surface area contributed by atoms with E-state index in [2.05, 4.69) is 24.2 Å². The Balaban J connectivity index is 2.17. The van der Waals surface area contributed by atoms with E-state index in [-0.39, 0.29) is 6.10 Å². The van der Waals surface area contributed by atoms with E-state index in [1.54, 1.807) is 0 Å². The number of aliphatic hydroxyl groups is 1. The second-order valence-electron chi connectivity index (χ2n) is 4.19. The number of hydrogen-bond donors (Lipinski definition) is 2. The Morgan fingerprint density at radius 1 is 1.62 bits per heavy atom. The van der Waals surface area contributed by atoms with Crippen molar-refractivity contribution in [2.24, 2.45) is 0 Å². The van der Waals surface area contributed by atoms with Crippen LogP contribution in [0.4, 0.5) is 0 Å². The quantitative estimate of drug-likeness (QED) is 0.669. The number of rotatable bonds is 4. The number of hydrogen-bond acceptors (Lipinski definition) is 3. The maximum atomic E-state index is 9.37. The minimum Gasteiger partial charge on any atom is -0.392 e. The smallest absolute Gasteiger partial charge is 0.0662 e. The number of aliphatic hydroxyl groups excluding tert-OH is 1. The fourth-order valence-corrected chi connectivity index (χ4v) is 1.79. The lowest BCUT2D eigenvalue weighted by atomic mass is 10.2. The summed E-state index contributed by atoms with van der Waals surface area (Å²) in [7, 11) is 2.16. The van der Waals surface area contributed by atoms with Crippen LogP contribution in [0.2, 0.25) is 0 Å². The third-order valence-electron chi connectivity index (χ3n) is 3.00. The molecule has 3 atom stereocenters. The second-order valence-corrected chi connectivity index (χ2v) is 4.19. The van der Waals surface area contributed by atoms with Gasteiger partial charge in [0, 0.05) is 25.2 Å². The molecule has 0 radical (unpaired) electrons. The van der Waals surface area contributed by atoms with Crippen LogP contribution in [0.5, 0.6) is 0 Å². The topological polar surface area (TPSA) is 35.5 Å². The molecule has 0 bridgehead atoms. The summed E-state index contributed by atoms with van der Waals surface area (Å²) in [4.78, 5) is 2.36. The largest absolute Gasteiger partial charge is 0.392 e. The Bertz CT molecular complexity index is 142. The highest BCUT2D eigenvalue weighted by atomic mass is 16.3. The van der Waals surface area contributed by atoms with Crippen molar-refractivity contribution in [2.75, 3.05) is 20.1 Å². The molecular formula is C10H22N2O. The monoisotopic (exact) mass is 186 g/mol. The number of likely N-dealkylation sites (tertiary alicyclic amines) is 1. The van der Waals surface area contributed by atoms with Gasteiger partial charge in [-0.15, -0.1) is 0 Å². The minimum absolute atomic E-state index is 0.179. The van der Waals surface area contributed by atoms with Crippen molar-refractivity contribution in [1.29, 1.82) is 0 Å². The van der Waals surface area contributed by atoms with Gasteiger partial charge in [0.15, 0.2) is 0 Å². The van der Waals surface area contributed by atoms with Crippen LogP contribution in [0, 0.1) is 0 Å². The molecule has 1 fully saturated rings. The highest BCUT2D eigenvalue weighted by molar-refractivity contribution is 4.85. The van der Waals surface area contributed by atoms with E-state index in [9.17, 15) is 5.11 Å². The standard InChI is InChI=1S/C10H22N2O/c1-4-10(13)6-11-9-5-8(2)12(3)7-9/h8-11,13H,4-7H2,1-3H3. The van der Waals surface area contributed by atoms with Crippen molar-refractivity contribution in [2.45, 2.75) is 44.9 Å². The van der Waals surface area contributed by atoms with Gasteiger partial charge in [-0.1, -0.05) is 6.92 Å². The molecule has 1 saturated heterocycles. The summed E-state index contributed by atoms with van der Waals surface area (Å²) in [6.07, 6.45) is 1.86. The molecule has 1 aliphatic heterocycles. The van der Waals surface area contributed by atoms with E-state index in [1.807, 2.05) is 6.92 Å². The van der Waals surface area contributed by atoms with E-state index >= 15 is 0 Å². The van der Waals surface area contributed by atoms with Gasteiger partial charge >= 0.3 is 0 Å². The molecular weight excluding hydrogens is 164 g/mol. The van der Waals surface area contributed by atoms with Crippen LogP contribution in [0.15, 0.2) is 0 Å². The zero-order valence-corrected chi connectivity index (χ0v) is 8.95. The lowest BCUT2D eigenvalue weighted by Gasteiger charge is -2.15. The van der Waals surface area contributed by atoms with Crippen LogP contribution in [-0.2, 0) is 0 Å². The molecule has 13 heavy (non-hydrogen) atoms. The van der Waals surface area contributed by atoms with E-state index in [0.717, 1.165) is 19.5 Å². The molecule has 0 aromatic heterocycles. The van der Waals surface area contributed by atoms with Crippen molar-refractivity contribution >= 4 is 0 Å². The average Bonchev–Trinajstić information content (AvgIpc) is 2.42. The SMILES string of the molecule is CCC(O)CNC1CC(C)N(C)C1. The van der Waals surface area contributed by atoms with Gasteiger partial charge in [-0.3, -0.25) is 0 Å². The lowest BCUT2D eigenvalue weighted by Crippen LogP contribution is -2.36. The zero-order valence-electron chi connectivity index (χ0n) is 8.95. The Hall–Kier alpha value is -0.120. The highest BCUT2D eigenvalue weighted by Gasteiger charge is 2.25. The summed E-state index contributed by atoms with van der Waals surface area (Å²) in [5, 5.41) is 12.8. The summed E-state index contributed by atoms with van der Waals surface area (Å²) in [6, 6.07) is 1.25. The Morgan fingerprint density at radius 2 is 2.31 bits per heavy atom. The normalized spacial score (nSPS) is 32.3. The molecule has 3 heteroatoms. The molecule has 1 heterocycles. The fourth-order valence-electron chi connectivity index (χ4n) is 1.79. The van der Waals surface area contributed by atoms with Gasteiger partial charge in [0.25, 0.3) is 0 Å². The van der Waals surface area contributed by atoms with Gasteiger partial charge in [0.1, 0.15) is 0 Å². The first-order valence-corrected chi connectivity index (χ1v) is 5.25. The van der Waals surface area contributed by atoms with Gasteiger partial charge in [0.05, 0.1) is 6.10 Å². The number of nitrogens with one attached hydrogen (secondary N) is 1. The van der Waals surface area contributed by atoms with Crippen molar-refractivity contribution in [3.05, 3.63) is 0 Å². The summed E-state index contributed by atoms with van der Waals surface area (Å²) in [5.74, 6) is 0. The molecule has 0 aliphatic carbocycles.